The van der Waals surface area contributed by atoms with Crippen LogP contribution < -0.4 is 19.5 Å². The molecule has 9 heteroatoms. The first-order valence-electron chi connectivity index (χ1n) is 12.3. The maximum Gasteiger partial charge on any atom is 0.257 e. The van der Waals surface area contributed by atoms with E-state index in [2.05, 4.69) is 5.32 Å². The Balaban J connectivity index is 1.53. The molecule has 1 amide bonds. The minimum Gasteiger partial charge on any atom is -0.496 e. The second-order valence-electron chi connectivity index (χ2n) is 8.92. The van der Waals surface area contributed by atoms with E-state index in [1.807, 2.05) is 48.5 Å². The molecule has 5 rings (SSSR count). The van der Waals surface area contributed by atoms with E-state index < -0.39 is 29.1 Å². The van der Waals surface area contributed by atoms with Crippen molar-refractivity contribution in [3.8, 4) is 28.4 Å². The summed E-state index contributed by atoms with van der Waals surface area (Å²) in [5.74, 6) is -1.67. The predicted molar refractivity (Wildman–Crippen MR) is 143 cm³/mol. The number of hydrogen-bond acceptors (Lipinski definition) is 6. The number of amides is 1. The second-order valence-corrected chi connectivity index (χ2v) is 8.92. The molecule has 0 saturated carbocycles. The van der Waals surface area contributed by atoms with Gasteiger partial charge in [-0.1, -0.05) is 36.4 Å². The predicted octanol–water partition coefficient (Wildman–Crippen LogP) is 5.53. The summed E-state index contributed by atoms with van der Waals surface area (Å²) in [6.45, 7) is 0.636. The van der Waals surface area contributed by atoms with Gasteiger partial charge in [0.25, 0.3) is 5.91 Å². The van der Waals surface area contributed by atoms with Crippen LogP contribution in [0.2, 0.25) is 0 Å². The summed E-state index contributed by atoms with van der Waals surface area (Å²) in [6.07, 6.45) is 0.0509. The van der Waals surface area contributed by atoms with Crippen molar-refractivity contribution in [1.29, 1.82) is 5.41 Å². The molecule has 1 aliphatic rings. The Hall–Kier alpha value is -4.66. The smallest absolute Gasteiger partial charge is 0.257 e. The molecule has 0 radical (unpaired) electrons. The van der Waals surface area contributed by atoms with Gasteiger partial charge in [-0.3, -0.25) is 10.2 Å². The van der Waals surface area contributed by atoms with Gasteiger partial charge in [0.05, 0.1) is 14.2 Å². The highest BCUT2D eigenvalue weighted by atomic mass is 19.1. The lowest BCUT2D eigenvalue weighted by atomic mass is 9.95. The van der Waals surface area contributed by atoms with Crippen LogP contribution in [0.1, 0.15) is 15.9 Å². The number of fused-ring (bicyclic) bond motifs is 2. The highest BCUT2D eigenvalue weighted by Gasteiger charge is 2.28. The second kappa shape index (κ2) is 11.0. The third-order valence-electron chi connectivity index (χ3n) is 6.58. The number of carbonyl (C=O) groups excluding carboxylic acids is 1. The third-order valence-corrected chi connectivity index (χ3v) is 6.58. The molecule has 1 heterocycles. The maximum absolute atomic E-state index is 14.2. The third kappa shape index (κ3) is 5.07. The fourth-order valence-electron chi connectivity index (χ4n) is 4.68. The zero-order chi connectivity index (χ0) is 27.5. The number of methoxy groups -OCH3 is 2. The molecule has 0 unspecified atom stereocenters. The molecule has 0 aliphatic carbocycles. The Morgan fingerprint density at radius 3 is 2.26 bits per heavy atom. The van der Waals surface area contributed by atoms with Gasteiger partial charge in [-0.15, -0.1) is 0 Å². The van der Waals surface area contributed by atoms with Crippen LogP contribution in [-0.2, 0) is 11.2 Å². The Morgan fingerprint density at radius 2 is 1.59 bits per heavy atom. The Bertz CT molecular complexity index is 1550. The van der Waals surface area contributed by atoms with E-state index in [1.165, 1.54) is 13.2 Å². The molecule has 2 N–H and O–H groups in total. The molecule has 200 valence electrons. The summed E-state index contributed by atoms with van der Waals surface area (Å²) in [7, 11) is 2.89. The lowest BCUT2D eigenvalue weighted by Gasteiger charge is -2.26. The highest BCUT2D eigenvalue weighted by Crippen LogP contribution is 2.46. The van der Waals surface area contributed by atoms with Crippen molar-refractivity contribution in [3.63, 3.8) is 0 Å². The number of rotatable bonds is 7. The fraction of sp³-hybridized carbons (Fsp3) is 0.200. The van der Waals surface area contributed by atoms with Crippen molar-refractivity contribution < 1.29 is 32.5 Å². The molecular weight excluding hydrogens is 506 g/mol. The summed E-state index contributed by atoms with van der Waals surface area (Å²) in [6, 6.07) is 17.7. The monoisotopic (exact) mass is 532 g/mol. The van der Waals surface area contributed by atoms with E-state index in [9.17, 15) is 13.6 Å². The first-order chi connectivity index (χ1) is 18.9. The number of halogens is 2. The summed E-state index contributed by atoms with van der Waals surface area (Å²) >= 11 is 0. The van der Waals surface area contributed by atoms with Gasteiger partial charge < -0.3 is 24.3 Å². The molecule has 4 aromatic carbocycles. The van der Waals surface area contributed by atoms with Crippen molar-refractivity contribution in [3.05, 3.63) is 89.5 Å². The molecule has 0 spiro atoms. The van der Waals surface area contributed by atoms with Gasteiger partial charge >= 0.3 is 0 Å². The number of nitrogens with one attached hydrogen (secondary N) is 2. The normalized spacial score (nSPS) is 13.0. The van der Waals surface area contributed by atoms with E-state index in [-0.39, 0.29) is 12.3 Å². The topological polar surface area (TPSA) is 89.9 Å². The van der Waals surface area contributed by atoms with Crippen molar-refractivity contribution in [2.24, 2.45) is 0 Å². The molecule has 39 heavy (non-hydrogen) atoms. The van der Waals surface area contributed by atoms with Crippen LogP contribution in [0.3, 0.4) is 0 Å². The van der Waals surface area contributed by atoms with Crippen LogP contribution in [0.15, 0.2) is 66.7 Å². The van der Waals surface area contributed by atoms with Gasteiger partial charge in [0, 0.05) is 23.1 Å². The summed E-state index contributed by atoms with van der Waals surface area (Å²) < 4.78 is 51.3. The summed E-state index contributed by atoms with van der Waals surface area (Å²) in [5, 5.41) is 12.8. The van der Waals surface area contributed by atoms with E-state index in [0.29, 0.717) is 36.0 Å². The van der Waals surface area contributed by atoms with Crippen molar-refractivity contribution in [2.75, 3.05) is 27.4 Å². The molecule has 0 saturated heterocycles. The molecule has 7 nitrogen and oxygen atoms in total. The van der Waals surface area contributed by atoms with Crippen LogP contribution >= 0.6 is 0 Å². The standard InChI is InChI=1S/C30H26F2N2O5/c1-36-25-16-18-7-4-3-6-17(18)14-21(25)20-11-10-19(27-28(20)39-13-12-38-27)15-24(29(33)37-2)34-30(35)26-22(31)8-5-9-23(26)32/h3-11,14,16,24,33H,12-13,15H2,1-2H3,(H,34,35)/t24-/m0/s1. The van der Waals surface area contributed by atoms with Crippen LogP contribution in [0.4, 0.5) is 8.78 Å². The van der Waals surface area contributed by atoms with Crippen LogP contribution in [-0.4, -0.2) is 45.3 Å². The fourth-order valence-corrected chi connectivity index (χ4v) is 4.68. The lowest BCUT2D eigenvalue weighted by molar-refractivity contribution is 0.0934. The van der Waals surface area contributed by atoms with E-state index in [1.54, 1.807) is 7.11 Å². The summed E-state index contributed by atoms with van der Waals surface area (Å²) in [4.78, 5) is 12.8. The largest absolute Gasteiger partial charge is 0.496 e. The first-order valence-corrected chi connectivity index (χ1v) is 12.3. The van der Waals surface area contributed by atoms with Crippen LogP contribution in [0.25, 0.3) is 21.9 Å². The quantitative estimate of drug-likeness (QED) is 0.241. The number of ether oxygens (including phenoxy) is 4. The zero-order valence-corrected chi connectivity index (χ0v) is 21.3. The van der Waals surface area contributed by atoms with Crippen LogP contribution in [0.5, 0.6) is 17.2 Å². The molecule has 0 fully saturated rings. The average Bonchev–Trinajstić information content (AvgIpc) is 2.95. The highest BCUT2D eigenvalue weighted by molar-refractivity contribution is 5.98. The Kier molecular flexibility index (Phi) is 7.31. The van der Waals surface area contributed by atoms with Crippen molar-refractivity contribution in [2.45, 2.75) is 12.5 Å². The Morgan fingerprint density at radius 1 is 0.923 bits per heavy atom. The minimum absolute atomic E-state index is 0.0509. The van der Waals surface area contributed by atoms with E-state index in [0.717, 1.165) is 34.0 Å². The molecule has 1 atom stereocenters. The number of hydrogen-bond donors (Lipinski definition) is 2. The van der Waals surface area contributed by atoms with Gasteiger partial charge in [-0.2, -0.15) is 0 Å². The van der Waals surface area contributed by atoms with Crippen molar-refractivity contribution in [1.82, 2.24) is 5.32 Å². The molecular formula is C30H26F2N2O5. The average molecular weight is 533 g/mol. The first kappa shape index (κ1) is 26.0. The zero-order valence-electron chi connectivity index (χ0n) is 21.3. The number of benzene rings is 4. The summed E-state index contributed by atoms with van der Waals surface area (Å²) in [5.41, 5.74) is 1.46. The van der Waals surface area contributed by atoms with Crippen LogP contribution in [0, 0.1) is 17.0 Å². The van der Waals surface area contributed by atoms with Gasteiger partial charge in [-0.05, 0) is 41.1 Å². The van der Waals surface area contributed by atoms with E-state index in [4.69, 9.17) is 24.4 Å². The van der Waals surface area contributed by atoms with Gasteiger partial charge in [-0.25, -0.2) is 8.78 Å². The molecule has 4 aromatic rings. The minimum atomic E-state index is -1.03. The van der Waals surface area contributed by atoms with Gasteiger partial charge in [0.2, 0.25) is 5.90 Å². The number of carbonyl (C=O) groups is 1. The van der Waals surface area contributed by atoms with Crippen molar-refractivity contribution >= 4 is 22.6 Å². The molecule has 1 aliphatic heterocycles. The van der Waals surface area contributed by atoms with Gasteiger partial charge in [0.15, 0.2) is 11.5 Å². The SMILES string of the molecule is COC(=N)[C@H](Cc1ccc(-c2cc3ccccc3cc2OC)c2c1OCCO2)NC(=O)c1c(F)cccc1F. The lowest BCUT2D eigenvalue weighted by Crippen LogP contribution is -2.43. The molecule has 0 aromatic heterocycles. The molecule has 0 bridgehead atoms. The van der Waals surface area contributed by atoms with E-state index >= 15 is 0 Å². The maximum atomic E-state index is 14.2. The Labute approximate surface area is 223 Å². The van der Waals surface area contributed by atoms with Gasteiger partial charge in [0.1, 0.15) is 42.2 Å².